The highest BCUT2D eigenvalue weighted by Gasteiger charge is 2.12. The first-order valence-electron chi connectivity index (χ1n) is 15.5. The third-order valence-electron chi connectivity index (χ3n) is 7.22. The molecule has 0 aromatic carbocycles. The van der Waals surface area contributed by atoms with E-state index in [1.54, 1.807) is 0 Å². The van der Waals surface area contributed by atoms with Crippen molar-refractivity contribution in [1.29, 1.82) is 0 Å². The first-order valence-corrected chi connectivity index (χ1v) is 18.8. The molecule has 4 nitrogen and oxygen atoms in total. The first-order chi connectivity index (χ1) is 21.6. The van der Waals surface area contributed by atoms with Crippen LogP contribution >= 0.6 is 45.3 Å². The quantitative estimate of drug-likeness (QED) is 0.0504. The van der Waals surface area contributed by atoms with E-state index in [0.717, 1.165) is 38.5 Å². The van der Waals surface area contributed by atoms with E-state index >= 15 is 0 Å². The molecule has 0 N–H and O–H groups in total. The molecular weight excluding hydrogens is 625 g/mol. The second-order valence-electron chi connectivity index (χ2n) is 10.6. The Morgan fingerprint density at radius 2 is 0.795 bits per heavy atom. The number of carbonyl (C=O) groups is 2. The van der Waals surface area contributed by atoms with Gasteiger partial charge in [0, 0.05) is 51.2 Å². The normalized spacial score (nSPS) is 11.0. The van der Waals surface area contributed by atoms with Crippen LogP contribution in [-0.4, -0.2) is 25.2 Å². The van der Waals surface area contributed by atoms with Gasteiger partial charge in [-0.25, -0.2) is 9.59 Å². The van der Waals surface area contributed by atoms with Crippen LogP contribution in [0.15, 0.2) is 73.8 Å². The minimum absolute atomic E-state index is 0.331. The van der Waals surface area contributed by atoms with Gasteiger partial charge in [0.2, 0.25) is 0 Å². The number of hydrogen-bond donors (Lipinski definition) is 0. The molecule has 0 aliphatic heterocycles. The van der Waals surface area contributed by atoms with Crippen molar-refractivity contribution < 1.29 is 19.1 Å². The number of rotatable bonds is 21. The maximum Gasteiger partial charge on any atom is 0.330 e. The average Bonchev–Trinajstić information content (AvgIpc) is 3.86. The zero-order valence-corrected chi connectivity index (χ0v) is 28.6. The summed E-state index contributed by atoms with van der Waals surface area (Å²) >= 11 is 7.61. The van der Waals surface area contributed by atoms with Gasteiger partial charge in [0.1, 0.15) is 0 Å². The van der Waals surface area contributed by atoms with Gasteiger partial charge in [-0.1, -0.05) is 51.7 Å². The zero-order valence-electron chi connectivity index (χ0n) is 25.4. The molecule has 0 bridgehead atoms. The van der Waals surface area contributed by atoms with Crippen molar-refractivity contribution in [2.75, 3.05) is 13.2 Å². The van der Waals surface area contributed by atoms with Crippen molar-refractivity contribution in [2.24, 2.45) is 0 Å². The zero-order chi connectivity index (χ0) is 31.0. The van der Waals surface area contributed by atoms with E-state index in [-0.39, 0.29) is 11.9 Å². The van der Waals surface area contributed by atoms with E-state index < -0.39 is 0 Å². The van der Waals surface area contributed by atoms with Crippen molar-refractivity contribution in [2.45, 2.75) is 77.0 Å². The Morgan fingerprint density at radius 3 is 1.18 bits per heavy atom. The number of thiophene rings is 4. The van der Waals surface area contributed by atoms with E-state index in [1.165, 1.54) is 89.7 Å². The maximum absolute atomic E-state index is 11.1. The summed E-state index contributed by atoms with van der Waals surface area (Å²) in [6.07, 6.45) is 15.9. The Labute approximate surface area is 278 Å². The van der Waals surface area contributed by atoms with Crippen LogP contribution in [0.25, 0.3) is 29.3 Å². The lowest BCUT2D eigenvalue weighted by Gasteiger charge is -2.02. The van der Waals surface area contributed by atoms with Gasteiger partial charge in [0.15, 0.2) is 0 Å². The first kappa shape index (κ1) is 34.1. The Bertz CT molecular complexity index is 1360. The van der Waals surface area contributed by atoms with Crippen molar-refractivity contribution in [3.05, 3.63) is 83.6 Å². The molecule has 234 valence electrons. The third-order valence-corrected chi connectivity index (χ3v) is 12.3. The topological polar surface area (TPSA) is 52.6 Å². The number of ether oxygens (including phenoxy) is 2. The van der Waals surface area contributed by atoms with Gasteiger partial charge in [0.05, 0.1) is 13.2 Å². The summed E-state index contributed by atoms with van der Waals surface area (Å²) in [4.78, 5) is 33.1. The summed E-state index contributed by atoms with van der Waals surface area (Å²) in [6, 6.07) is 18.2. The van der Waals surface area contributed by atoms with Crippen LogP contribution in [0.5, 0.6) is 0 Å². The van der Waals surface area contributed by atoms with Gasteiger partial charge in [-0.15, -0.1) is 45.3 Å². The molecular formula is C36H42O4S4. The fourth-order valence-corrected chi connectivity index (χ4v) is 9.20. The van der Waals surface area contributed by atoms with Gasteiger partial charge in [-0.3, -0.25) is 0 Å². The van der Waals surface area contributed by atoms with Crippen LogP contribution in [0.1, 0.15) is 74.0 Å². The molecule has 4 aromatic heterocycles. The fourth-order valence-electron chi connectivity index (χ4n) is 4.82. The van der Waals surface area contributed by atoms with E-state index in [2.05, 4.69) is 61.7 Å². The number of carbonyl (C=O) groups excluding carboxylic acids is 2. The summed E-state index contributed by atoms with van der Waals surface area (Å²) in [5.41, 5.74) is 0. The highest BCUT2D eigenvalue weighted by Crippen LogP contribution is 2.43. The Hall–Kier alpha value is -2.78. The molecule has 4 heterocycles. The molecule has 0 radical (unpaired) electrons. The van der Waals surface area contributed by atoms with Crippen molar-refractivity contribution >= 4 is 57.3 Å². The number of esters is 2. The minimum Gasteiger partial charge on any atom is -0.463 e. The Balaban J connectivity index is 1.16. The molecule has 0 amide bonds. The van der Waals surface area contributed by atoms with Crippen LogP contribution in [-0.2, 0) is 31.9 Å². The molecule has 44 heavy (non-hydrogen) atoms. The molecule has 0 aliphatic carbocycles. The lowest BCUT2D eigenvalue weighted by Crippen LogP contribution is -2.01. The maximum atomic E-state index is 11.1. The number of unbranched alkanes of at least 4 members (excludes halogenated alkanes) is 8. The molecule has 0 saturated heterocycles. The van der Waals surface area contributed by atoms with Crippen LogP contribution in [0, 0.1) is 0 Å². The second kappa shape index (κ2) is 18.9. The van der Waals surface area contributed by atoms with Crippen molar-refractivity contribution in [3.8, 4) is 29.3 Å². The van der Waals surface area contributed by atoms with Crippen LogP contribution in [0.3, 0.4) is 0 Å². The highest BCUT2D eigenvalue weighted by atomic mass is 32.1. The molecule has 0 saturated carbocycles. The average molecular weight is 667 g/mol. The standard InChI is InChI=1S/C36H42O4S4/c1-3-35(37)39-25-13-9-5-7-11-15-27-17-19-29(41-27)31-21-23-33(43-31)34-24-22-32(44-34)30-20-18-28(42-30)16-12-8-6-10-14-26-40-36(38)4-2/h3-4,17-24H,1-2,5-16,25-26H2. The summed E-state index contributed by atoms with van der Waals surface area (Å²) < 4.78 is 10.1. The van der Waals surface area contributed by atoms with E-state index in [0.29, 0.717) is 13.2 Å². The summed E-state index contributed by atoms with van der Waals surface area (Å²) in [7, 11) is 0. The monoisotopic (exact) mass is 666 g/mol. The van der Waals surface area contributed by atoms with Gasteiger partial charge in [0.25, 0.3) is 0 Å². The molecule has 0 atom stereocenters. The smallest absolute Gasteiger partial charge is 0.330 e. The molecule has 4 aromatic rings. The van der Waals surface area contributed by atoms with Gasteiger partial charge < -0.3 is 9.47 Å². The molecule has 0 spiro atoms. The lowest BCUT2D eigenvalue weighted by atomic mass is 10.1. The lowest BCUT2D eigenvalue weighted by molar-refractivity contribution is -0.138. The van der Waals surface area contributed by atoms with Gasteiger partial charge >= 0.3 is 11.9 Å². The Morgan fingerprint density at radius 1 is 0.477 bits per heavy atom. The van der Waals surface area contributed by atoms with Crippen molar-refractivity contribution in [1.82, 2.24) is 0 Å². The molecule has 0 aliphatic rings. The van der Waals surface area contributed by atoms with Crippen LogP contribution in [0.4, 0.5) is 0 Å². The second-order valence-corrected chi connectivity index (χ2v) is 15.1. The van der Waals surface area contributed by atoms with Crippen LogP contribution < -0.4 is 0 Å². The fraction of sp³-hybridized carbons (Fsp3) is 0.389. The molecule has 4 rings (SSSR count). The van der Waals surface area contributed by atoms with E-state index in [9.17, 15) is 9.59 Å². The summed E-state index contributed by atoms with van der Waals surface area (Å²) in [5, 5.41) is 0. The predicted molar refractivity (Wildman–Crippen MR) is 190 cm³/mol. The van der Waals surface area contributed by atoms with E-state index in [4.69, 9.17) is 9.47 Å². The summed E-state index contributed by atoms with van der Waals surface area (Å²) in [5.74, 6) is -0.662. The van der Waals surface area contributed by atoms with Gasteiger partial charge in [-0.2, -0.15) is 0 Å². The Kier molecular flexibility index (Phi) is 14.6. The number of aryl methyl sites for hydroxylation is 2. The molecule has 0 unspecified atom stereocenters. The third kappa shape index (κ3) is 11.3. The van der Waals surface area contributed by atoms with E-state index in [1.807, 2.05) is 45.3 Å². The predicted octanol–water partition coefficient (Wildman–Crippen LogP) is 11.4. The molecule has 8 heteroatoms. The summed E-state index contributed by atoms with van der Waals surface area (Å²) in [6.45, 7) is 7.81. The largest absolute Gasteiger partial charge is 0.463 e. The highest BCUT2D eigenvalue weighted by molar-refractivity contribution is 7.28. The SMILES string of the molecule is C=CC(=O)OCCCCCCCc1ccc(-c2ccc(-c3ccc(-c4ccc(CCCCCCCOC(=O)C=C)s4)s3)s2)s1. The van der Waals surface area contributed by atoms with Crippen molar-refractivity contribution in [3.63, 3.8) is 0 Å². The van der Waals surface area contributed by atoms with Crippen LogP contribution in [0.2, 0.25) is 0 Å². The minimum atomic E-state index is -0.331. The molecule has 0 fully saturated rings. The van der Waals surface area contributed by atoms with Gasteiger partial charge in [-0.05, 0) is 87.1 Å². The number of hydrogen-bond acceptors (Lipinski definition) is 8.